The Kier molecular flexibility index (Phi) is 4.66. The van der Waals surface area contributed by atoms with Crippen LogP contribution in [0.3, 0.4) is 0 Å². The summed E-state index contributed by atoms with van der Waals surface area (Å²) in [5, 5.41) is 10.6. The van der Waals surface area contributed by atoms with Gasteiger partial charge in [-0.2, -0.15) is 0 Å². The summed E-state index contributed by atoms with van der Waals surface area (Å²) in [6.45, 7) is 1.59. The van der Waals surface area contributed by atoms with Gasteiger partial charge in [0, 0.05) is 18.2 Å². The molecule has 0 bridgehead atoms. The zero-order chi connectivity index (χ0) is 13.9. The highest BCUT2D eigenvalue weighted by atomic mass is 35.5. The molecule has 0 saturated carbocycles. The maximum atomic E-state index is 11.7. The second-order valence-corrected chi connectivity index (χ2v) is 6.58. The van der Waals surface area contributed by atoms with Crippen LogP contribution in [0, 0.1) is 10.1 Å². The fourth-order valence-corrected chi connectivity index (χ4v) is 3.43. The molecule has 0 amide bonds. The average molecular weight is 293 g/mol. The number of halogens is 1. The molecule has 0 aliphatic heterocycles. The fourth-order valence-electron chi connectivity index (χ4n) is 1.46. The predicted octanol–water partition coefficient (Wildman–Crippen LogP) is 1.51. The van der Waals surface area contributed by atoms with Crippen LogP contribution in [0.25, 0.3) is 0 Å². The number of benzene rings is 1. The molecule has 0 heterocycles. The molecule has 0 aliphatic rings. The number of sulfone groups is 1. The number of rotatable bonds is 5. The Morgan fingerprint density at radius 2 is 2.11 bits per heavy atom. The van der Waals surface area contributed by atoms with Crippen molar-refractivity contribution in [3.05, 3.63) is 38.9 Å². The van der Waals surface area contributed by atoms with Gasteiger partial charge in [0.1, 0.15) is 0 Å². The van der Waals surface area contributed by atoms with Gasteiger partial charge in [-0.1, -0.05) is 11.6 Å². The lowest BCUT2D eigenvalue weighted by Crippen LogP contribution is -2.27. The maximum absolute atomic E-state index is 11.7. The van der Waals surface area contributed by atoms with Crippen molar-refractivity contribution in [2.45, 2.75) is 18.7 Å². The summed E-state index contributed by atoms with van der Waals surface area (Å²) >= 11 is 5.82. The van der Waals surface area contributed by atoms with Crippen molar-refractivity contribution in [1.82, 2.24) is 0 Å². The molecular weight excluding hydrogens is 280 g/mol. The van der Waals surface area contributed by atoms with E-state index in [1.807, 2.05) is 0 Å². The van der Waals surface area contributed by atoms with Crippen LogP contribution in [0.2, 0.25) is 5.02 Å². The van der Waals surface area contributed by atoms with Gasteiger partial charge >= 0.3 is 0 Å². The molecule has 0 saturated heterocycles. The van der Waals surface area contributed by atoms with E-state index in [-0.39, 0.29) is 22.2 Å². The molecule has 0 radical (unpaired) electrons. The number of nitro benzene ring substituents is 1. The van der Waals surface area contributed by atoms with Gasteiger partial charge in [0.15, 0.2) is 9.84 Å². The van der Waals surface area contributed by atoms with Gasteiger partial charge in [-0.3, -0.25) is 10.1 Å². The highest BCUT2D eigenvalue weighted by molar-refractivity contribution is 7.90. The van der Waals surface area contributed by atoms with Gasteiger partial charge in [-0.15, -0.1) is 0 Å². The number of nitro groups is 1. The molecule has 0 spiro atoms. The Labute approximate surface area is 110 Å². The van der Waals surface area contributed by atoms with Crippen molar-refractivity contribution < 1.29 is 13.3 Å². The van der Waals surface area contributed by atoms with Gasteiger partial charge in [0.25, 0.3) is 5.69 Å². The third-order valence-corrected chi connectivity index (χ3v) is 4.28. The molecule has 1 aromatic rings. The van der Waals surface area contributed by atoms with Crippen LogP contribution < -0.4 is 5.73 Å². The first-order chi connectivity index (χ1) is 8.21. The average Bonchev–Trinajstić information content (AvgIpc) is 2.18. The normalized spacial score (nSPS) is 13.3. The zero-order valence-electron chi connectivity index (χ0n) is 9.67. The summed E-state index contributed by atoms with van der Waals surface area (Å²) < 4.78 is 23.4. The Morgan fingerprint density at radius 1 is 1.50 bits per heavy atom. The predicted molar refractivity (Wildman–Crippen MR) is 69.2 cm³/mol. The molecule has 6 nitrogen and oxygen atoms in total. The highest BCUT2D eigenvalue weighted by Crippen LogP contribution is 2.24. The van der Waals surface area contributed by atoms with E-state index in [1.54, 1.807) is 6.92 Å². The fraction of sp³-hybridized carbons (Fsp3) is 0.400. The minimum absolute atomic E-state index is 0.0671. The zero-order valence-corrected chi connectivity index (χ0v) is 11.2. The quantitative estimate of drug-likeness (QED) is 0.654. The van der Waals surface area contributed by atoms with Crippen LogP contribution in [0.5, 0.6) is 0 Å². The molecule has 1 aromatic carbocycles. The van der Waals surface area contributed by atoms with Crippen molar-refractivity contribution >= 4 is 27.1 Å². The summed E-state index contributed by atoms with van der Waals surface area (Å²) in [6.07, 6.45) is 0. The largest absolute Gasteiger partial charge is 0.327 e. The van der Waals surface area contributed by atoms with Gasteiger partial charge in [-0.25, -0.2) is 8.42 Å². The summed E-state index contributed by atoms with van der Waals surface area (Å²) in [5.41, 5.74) is 5.60. The van der Waals surface area contributed by atoms with Crippen molar-refractivity contribution in [1.29, 1.82) is 0 Å². The van der Waals surface area contributed by atoms with E-state index in [0.717, 1.165) is 6.07 Å². The van der Waals surface area contributed by atoms with Crippen molar-refractivity contribution in [3.8, 4) is 0 Å². The first-order valence-electron chi connectivity index (χ1n) is 5.10. The molecule has 0 fully saturated rings. The van der Waals surface area contributed by atoms with Crippen LogP contribution in [0.4, 0.5) is 5.69 Å². The molecule has 1 rings (SSSR count). The smallest absolute Gasteiger partial charge is 0.270 e. The number of nitrogens with two attached hydrogens (primary N) is 1. The summed E-state index contributed by atoms with van der Waals surface area (Å²) in [6, 6.07) is 3.24. The summed E-state index contributed by atoms with van der Waals surface area (Å²) in [5.74, 6) is -0.425. The molecule has 2 N–H and O–H groups in total. The van der Waals surface area contributed by atoms with E-state index in [0.29, 0.717) is 5.56 Å². The van der Waals surface area contributed by atoms with Gasteiger partial charge in [0.05, 0.1) is 21.5 Å². The lowest BCUT2D eigenvalue weighted by molar-refractivity contribution is -0.384. The Bertz CT molecular complexity index is 557. The van der Waals surface area contributed by atoms with E-state index in [9.17, 15) is 18.5 Å². The molecule has 100 valence electrons. The SMILES string of the molecule is CC(N)CS(=O)(=O)Cc1ccc([N+](=O)[O-])cc1Cl. The second kappa shape index (κ2) is 5.64. The monoisotopic (exact) mass is 292 g/mol. The lowest BCUT2D eigenvalue weighted by atomic mass is 10.2. The van der Waals surface area contributed by atoms with Crippen LogP contribution >= 0.6 is 11.6 Å². The van der Waals surface area contributed by atoms with Crippen LogP contribution in [-0.4, -0.2) is 25.1 Å². The van der Waals surface area contributed by atoms with Crippen LogP contribution in [-0.2, 0) is 15.6 Å². The molecule has 1 unspecified atom stereocenters. The summed E-state index contributed by atoms with van der Waals surface area (Å²) in [7, 11) is -3.37. The topological polar surface area (TPSA) is 103 Å². The minimum atomic E-state index is -3.37. The number of nitrogens with zero attached hydrogens (tertiary/aromatic N) is 1. The highest BCUT2D eigenvalue weighted by Gasteiger charge is 2.18. The third-order valence-electron chi connectivity index (χ3n) is 2.14. The van der Waals surface area contributed by atoms with Crippen LogP contribution in [0.1, 0.15) is 12.5 Å². The van der Waals surface area contributed by atoms with Gasteiger partial charge in [-0.05, 0) is 18.6 Å². The first-order valence-corrected chi connectivity index (χ1v) is 7.30. The first kappa shape index (κ1) is 14.9. The molecule has 8 heteroatoms. The summed E-state index contributed by atoms with van der Waals surface area (Å²) in [4.78, 5) is 9.92. The van der Waals surface area contributed by atoms with Gasteiger partial charge < -0.3 is 5.73 Å². The Hall–Kier alpha value is -1.18. The van der Waals surface area contributed by atoms with Crippen molar-refractivity contribution in [2.24, 2.45) is 5.73 Å². The molecule has 0 aliphatic carbocycles. The van der Waals surface area contributed by atoms with Crippen LogP contribution in [0.15, 0.2) is 18.2 Å². The van der Waals surface area contributed by atoms with E-state index in [4.69, 9.17) is 17.3 Å². The standard InChI is InChI=1S/C10H13ClN2O4S/c1-7(12)5-18(16,17)6-8-2-3-9(13(14)15)4-10(8)11/h2-4,7H,5-6,12H2,1H3. The van der Waals surface area contributed by atoms with Crippen molar-refractivity contribution in [3.63, 3.8) is 0 Å². The van der Waals surface area contributed by atoms with E-state index in [1.165, 1.54) is 12.1 Å². The Morgan fingerprint density at radius 3 is 2.56 bits per heavy atom. The lowest BCUT2D eigenvalue weighted by Gasteiger charge is -2.08. The maximum Gasteiger partial charge on any atom is 0.270 e. The van der Waals surface area contributed by atoms with E-state index < -0.39 is 20.8 Å². The molecular formula is C10H13ClN2O4S. The van der Waals surface area contributed by atoms with E-state index >= 15 is 0 Å². The molecule has 18 heavy (non-hydrogen) atoms. The van der Waals surface area contributed by atoms with Gasteiger partial charge in [0.2, 0.25) is 0 Å². The Balaban J connectivity index is 2.96. The van der Waals surface area contributed by atoms with E-state index in [2.05, 4.69) is 0 Å². The molecule has 0 aromatic heterocycles. The number of non-ortho nitro benzene ring substituents is 1. The van der Waals surface area contributed by atoms with Crippen molar-refractivity contribution in [2.75, 3.05) is 5.75 Å². The number of hydrogen-bond acceptors (Lipinski definition) is 5. The third kappa shape index (κ3) is 4.25. The second-order valence-electron chi connectivity index (χ2n) is 4.06. The molecule has 1 atom stereocenters. The minimum Gasteiger partial charge on any atom is -0.327 e. The number of hydrogen-bond donors (Lipinski definition) is 1.